The molecule has 0 saturated carbocycles. The number of hydrogen-bond acceptors (Lipinski definition) is 5. The van der Waals surface area contributed by atoms with E-state index in [1.165, 1.54) is 18.4 Å². The van der Waals surface area contributed by atoms with Crippen LogP contribution in [0.3, 0.4) is 0 Å². The third kappa shape index (κ3) is 6.52. The Balaban J connectivity index is 1.57. The molecule has 0 unspecified atom stereocenters. The van der Waals surface area contributed by atoms with Crippen LogP contribution in [0.15, 0.2) is 59.2 Å². The monoisotopic (exact) mass is 315 g/mol. The van der Waals surface area contributed by atoms with Gasteiger partial charge in [-0.05, 0) is 30.3 Å². The SMILES string of the molecule is O=C(COC(=O)/C=C/c1ccco1)NCCOc1ccccc1. The van der Waals surface area contributed by atoms with Crippen molar-refractivity contribution in [1.29, 1.82) is 0 Å². The average Bonchev–Trinajstić information content (AvgIpc) is 3.09. The van der Waals surface area contributed by atoms with Gasteiger partial charge in [0.25, 0.3) is 5.91 Å². The predicted molar refractivity (Wildman–Crippen MR) is 83.6 cm³/mol. The molecule has 2 aromatic rings. The number of rotatable bonds is 8. The molecule has 1 aromatic heterocycles. The van der Waals surface area contributed by atoms with Gasteiger partial charge in [-0.15, -0.1) is 0 Å². The number of carbonyl (C=O) groups is 2. The molecule has 2 rings (SSSR count). The second kappa shape index (κ2) is 9.09. The summed E-state index contributed by atoms with van der Waals surface area (Å²) in [6.07, 6.45) is 4.16. The van der Waals surface area contributed by atoms with Crippen molar-refractivity contribution in [3.8, 4) is 5.75 Å². The van der Waals surface area contributed by atoms with E-state index in [0.29, 0.717) is 18.9 Å². The zero-order valence-corrected chi connectivity index (χ0v) is 12.4. The Morgan fingerprint density at radius 1 is 1.13 bits per heavy atom. The first-order valence-corrected chi connectivity index (χ1v) is 7.07. The third-order valence-electron chi connectivity index (χ3n) is 2.71. The molecule has 1 N–H and O–H groups in total. The maximum absolute atomic E-state index is 11.5. The summed E-state index contributed by atoms with van der Waals surface area (Å²) in [7, 11) is 0. The Bertz CT molecular complexity index is 634. The second-order valence-corrected chi connectivity index (χ2v) is 4.47. The van der Waals surface area contributed by atoms with Gasteiger partial charge in [-0.3, -0.25) is 4.79 Å². The summed E-state index contributed by atoms with van der Waals surface area (Å²) in [6, 6.07) is 12.7. The quantitative estimate of drug-likeness (QED) is 0.458. The van der Waals surface area contributed by atoms with E-state index in [1.54, 1.807) is 12.1 Å². The number of carbonyl (C=O) groups excluding carboxylic acids is 2. The van der Waals surface area contributed by atoms with Gasteiger partial charge in [-0.25, -0.2) is 4.79 Å². The molecule has 0 bridgehead atoms. The number of para-hydroxylation sites is 1. The highest BCUT2D eigenvalue weighted by Crippen LogP contribution is 2.07. The van der Waals surface area contributed by atoms with Crippen LogP contribution in [0.25, 0.3) is 6.08 Å². The first-order chi connectivity index (χ1) is 11.2. The minimum Gasteiger partial charge on any atom is -0.492 e. The maximum Gasteiger partial charge on any atom is 0.331 e. The van der Waals surface area contributed by atoms with Crippen LogP contribution < -0.4 is 10.1 Å². The largest absolute Gasteiger partial charge is 0.492 e. The molecule has 1 amide bonds. The summed E-state index contributed by atoms with van der Waals surface area (Å²) >= 11 is 0. The molecule has 0 saturated heterocycles. The molecule has 0 aliphatic carbocycles. The van der Waals surface area contributed by atoms with Crippen LogP contribution >= 0.6 is 0 Å². The lowest BCUT2D eigenvalue weighted by atomic mass is 10.3. The first kappa shape index (κ1) is 16.4. The zero-order valence-electron chi connectivity index (χ0n) is 12.4. The van der Waals surface area contributed by atoms with E-state index in [9.17, 15) is 9.59 Å². The predicted octanol–water partition coefficient (Wildman–Crippen LogP) is 2.03. The highest BCUT2D eigenvalue weighted by atomic mass is 16.5. The van der Waals surface area contributed by atoms with Gasteiger partial charge < -0.3 is 19.2 Å². The average molecular weight is 315 g/mol. The van der Waals surface area contributed by atoms with E-state index < -0.39 is 5.97 Å². The molecule has 6 heteroatoms. The molecule has 0 aliphatic rings. The lowest BCUT2D eigenvalue weighted by Crippen LogP contribution is -2.31. The Morgan fingerprint density at radius 2 is 1.96 bits per heavy atom. The van der Waals surface area contributed by atoms with Crippen molar-refractivity contribution in [3.05, 3.63) is 60.6 Å². The van der Waals surface area contributed by atoms with Crippen molar-refractivity contribution >= 4 is 18.0 Å². The molecule has 1 aromatic carbocycles. The first-order valence-electron chi connectivity index (χ1n) is 7.07. The Kier molecular flexibility index (Phi) is 6.46. The molecule has 0 fully saturated rings. The normalized spacial score (nSPS) is 10.4. The number of benzene rings is 1. The van der Waals surface area contributed by atoms with Gasteiger partial charge >= 0.3 is 5.97 Å². The molecule has 23 heavy (non-hydrogen) atoms. The lowest BCUT2D eigenvalue weighted by molar-refractivity contribution is -0.143. The van der Waals surface area contributed by atoms with Gasteiger partial charge in [-0.2, -0.15) is 0 Å². The molecule has 6 nitrogen and oxygen atoms in total. The van der Waals surface area contributed by atoms with Crippen LogP contribution in [0.1, 0.15) is 5.76 Å². The summed E-state index contributed by atoms with van der Waals surface area (Å²) in [5.74, 6) is 0.263. The van der Waals surface area contributed by atoms with Crippen LogP contribution in [0.4, 0.5) is 0 Å². The van der Waals surface area contributed by atoms with Gasteiger partial charge in [0.1, 0.15) is 18.1 Å². The van der Waals surface area contributed by atoms with E-state index in [1.807, 2.05) is 30.3 Å². The van der Waals surface area contributed by atoms with Gasteiger partial charge in [-0.1, -0.05) is 18.2 Å². The smallest absolute Gasteiger partial charge is 0.331 e. The third-order valence-corrected chi connectivity index (χ3v) is 2.71. The van der Waals surface area contributed by atoms with E-state index in [0.717, 1.165) is 5.75 Å². The van der Waals surface area contributed by atoms with E-state index in [2.05, 4.69) is 5.32 Å². The summed E-state index contributed by atoms with van der Waals surface area (Å²) in [5, 5.41) is 2.59. The van der Waals surface area contributed by atoms with E-state index >= 15 is 0 Å². The fraction of sp³-hybridized carbons (Fsp3) is 0.176. The van der Waals surface area contributed by atoms with Crippen molar-refractivity contribution in [2.75, 3.05) is 19.8 Å². The molecule has 120 valence electrons. The molecule has 0 atom stereocenters. The van der Waals surface area contributed by atoms with Crippen molar-refractivity contribution in [1.82, 2.24) is 5.32 Å². The van der Waals surface area contributed by atoms with Gasteiger partial charge in [0.15, 0.2) is 6.61 Å². The second-order valence-electron chi connectivity index (χ2n) is 4.47. The summed E-state index contributed by atoms with van der Waals surface area (Å²) < 4.78 is 15.2. The number of amides is 1. The number of nitrogens with one attached hydrogen (secondary N) is 1. The number of hydrogen-bond donors (Lipinski definition) is 1. The zero-order chi connectivity index (χ0) is 16.3. The molecule has 0 aliphatic heterocycles. The highest BCUT2D eigenvalue weighted by molar-refractivity contribution is 5.88. The molecular formula is C17H17NO5. The van der Waals surface area contributed by atoms with Crippen molar-refractivity contribution in [2.45, 2.75) is 0 Å². The minimum absolute atomic E-state index is 0.327. The lowest BCUT2D eigenvalue weighted by Gasteiger charge is -2.07. The highest BCUT2D eigenvalue weighted by Gasteiger charge is 2.04. The van der Waals surface area contributed by atoms with E-state index in [4.69, 9.17) is 13.9 Å². The molecule has 0 radical (unpaired) electrons. The van der Waals surface area contributed by atoms with Crippen LogP contribution in [-0.2, 0) is 14.3 Å². The van der Waals surface area contributed by atoms with Crippen molar-refractivity contribution < 1.29 is 23.5 Å². The molecular weight excluding hydrogens is 298 g/mol. The van der Waals surface area contributed by atoms with Gasteiger partial charge in [0.2, 0.25) is 0 Å². The summed E-state index contributed by atoms with van der Waals surface area (Å²) in [5.41, 5.74) is 0. The Labute approximate surface area is 133 Å². The number of ether oxygens (including phenoxy) is 2. The molecule has 0 spiro atoms. The summed E-state index contributed by atoms with van der Waals surface area (Å²) in [4.78, 5) is 22.9. The van der Waals surface area contributed by atoms with Crippen molar-refractivity contribution in [3.63, 3.8) is 0 Å². The topological polar surface area (TPSA) is 77.8 Å². The summed E-state index contributed by atoms with van der Waals surface area (Å²) in [6.45, 7) is 0.322. The number of furan rings is 1. The van der Waals surface area contributed by atoms with Crippen LogP contribution in [-0.4, -0.2) is 31.6 Å². The van der Waals surface area contributed by atoms with Gasteiger partial charge in [0.05, 0.1) is 12.8 Å². The number of esters is 1. The fourth-order valence-corrected chi connectivity index (χ4v) is 1.65. The van der Waals surface area contributed by atoms with Crippen LogP contribution in [0.2, 0.25) is 0 Å². The van der Waals surface area contributed by atoms with Crippen LogP contribution in [0.5, 0.6) is 5.75 Å². The minimum atomic E-state index is -0.614. The molecule has 1 heterocycles. The Hall–Kier alpha value is -3.02. The van der Waals surface area contributed by atoms with E-state index in [-0.39, 0.29) is 12.5 Å². The van der Waals surface area contributed by atoms with Crippen molar-refractivity contribution in [2.24, 2.45) is 0 Å². The fourth-order valence-electron chi connectivity index (χ4n) is 1.65. The van der Waals surface area contributed by atoms with Crippen LogP contribution in [0, 0.1) is 0 Å². The maximum atomic E-state index is 11.5. The standard InChI is InChI=1S/C17H17NO5/c19-16(18-10-12-22-14-5-2-1-3-6-14)13-23-17(20)9-8-15-7-4-11-21-15/h1-9,11H,10,12-13H2,(H,18,19)/b9-8+. The van der Waals surface area contributed by atoms with Gasteiger partial charge in [0, 0.05) is 6.08 Å². The Morgan fingerprint density at radius 3 is 2.70 bits per heavy atom.